The highest BCUT2D eigenvalue weighted by molar-refractivity contribution is 5.95. The second-order valence-electron chi connectivity index (χ2n) is 6.22. The Labute approximate surface area is 175 Å². The van der Waals surface area contributed by atoms with Gasteiger partial charge in [-0.2, -0.15) is 0 Å². The summed E-state index contributed by atoms with van der Waals surface area (Å²) in [6, 6.07) is 14.5. The van der Waals surface area contributed by atoms with E-state index in [1.54, 1.807) is 0 Å². The highest BCUT2D eigenvalue weighted by Gasteiger charge is 2.23. The molecule has 0 unspecified atom stereocenters. The molecule has 31 heavy (non-hydrogen) atoms. The number of non-ortho nitro benzene ring substituents is 1. The van der Waals surface area contributed by atoms with Crippen molar-refractivity contribution in [2.24, 2.45) is 0 Å². The Morgan fingerprint density at radius 2 is 1.58 bits per heavy atom. The van der Waals surface area contributed by atoms with Crippen molar-refractivity contribution in [1.82, 2.24) is 15.4 Å². The first-order valence-electron chi connectivity index (χ1n) is 9.03. The van der Waals surface area contributed by atoms with E-state index in [2.05, 4.69) is 26.1 Å². The number of rotatable bonds is 9. The largest absolute Gasteiger partial charge is 0.364 e. The molecule has 0 aliphatic heterocycles. The number of amides is 1. The van der Waals surface area contributed by atoms with Crippen molar-refractivity contribution >= 4 is 28.9 Å². The minimum Gasteiger partial charge on any atom is -0.364 e. The summed E-state index contributed by atoms with van der Waals surface area (Å²) in [6.07, 6.45) is 1.75. The van der Waals surface area contributed by atoms with Crippen molar-refractivity contribution in [3.63, 3.8) is 0 Å². The van der Waals surface area contributed by atoms with E-state index < -0.39 is 21.4 Å². The number of nitrogens with one attached hydrogen (secondary N) is 3. The zero-order valence-electron chi connectivity index (χ0n) is 16.0. The number of nitro benzene ring substituents is 1. The maximum absolute atomic E-state index is 12.2. The molecule has 2 aromatic carbocycles. The zero-order chi connectivity index (χ0) is 22.2. The molecule has 0 saturated carbocycles. The molecule has 12 nitrogen and oxygen atoms in total. The number of nitrogens with zero attached hydrogens (tertiary/aromatic N) is 4. The first-order chi connectivity index (χ1) is 15.0. The fraction of sp³-hybridized carbons (Fsp3) is 0.105. The molecule has 3 rings (SSSR count). The molecular formula is C19H17N7O5. The topological polar surface area (TPSA) is 165 Å². The van der Waals surface area contributed by atoms with Gasteiger partial charge in [-0.3, -0.25) is 35.9 Å². The lowest BCUT2D eigenvalue weighted by Gasteiger charge is -2.11. The molecule has 1 aromatic heterocycles. The summed E-state index contributed by atoms with van der Waals surface area (Å²) in [5, 5.41) is 25.2. The normalized spacial score (nSPS) is 10.2. The van der Waals surface area contributed by atoms with Gasteiger partial charge in [0.25, 0.3) is 11.6 Å². The smallest absolute Gasteiger partial charge is 0.354 e. The number of hydrazine groups is 1. The van der Waals surface area contributed by atoms with E-state index in [9.17, 15) is 25.0 Å². The molecule has 0 fully saturated rings. The van der Waals surface area contributed by atoms with Gasteiger partial charge in [0.05, 0.1) is 9.85 Å². The van der Waals surface area contributed by atoms with Gasteiger partial charge in [0.2, 0.25) is 11.6 Å². The molecule has 0 aliphatic rings. The second kappa shape index (κ2) is 9.73. The summed E-state index contributed by atoms with van der Waals surface area (Å²) in [4.78, 5) is 41.0. The van der Waals surface area contributed by atoms with Crippen molar-refractivity contribution < 1.29 is 14.6 Å². The first-order valence-corrected chi connectivity index (χ1v) is 9.03. The molecule has 1 heterocycles. The summed E-state index contributed by atoms with van der Waals surface area (Å²) < 4.78 is 0. The van der Waals surface area contributed by atoms with E-state index in [0.717, 1.165) is 11.9 Å². The quantitative estimate of drug-likeness (QED) is 0.346. The highest BCUT2D eigenvalue weighted by Crippen LogP contribution is 2.28. The maximum atomic E-state index is 12.2. The van der Waals surface area contributed by atoms with E-state index >= 15 is 0 Å². The molecule has 0 bridgehead atoms. The van der Waals surface area contributed by atoms with Gasteiger partial charge in [0.15, 0.2) is 0 Å². The van der Waals surface area contributed by atoms with Crippen LogP contribution in [0.25, 0.3) is 0 Å². The number of hydrogen-bond donors (Lipinski definition) is 3. The van der Waals surface area contributed by atoms with Crippen molar-refractivity contribution in [2.45, 2.75) is 6.42 Å². The predicted octanol–water partition coefficient (Wildman–Crippen LogP) is 2.70. The summed E-state index contributed by atoms with van der Waals surface area (Å²) in [5.41, 5.74) is 5.28. The number of nitro groups is 2. The minimum atomic E-state index is -0.661. The number of hydrogen-bond acceptors (Lipinski definition) is 9. The van der Waals surface area contributed by atoms with Crippen LogP contribution in [0.1, 0.15) is 15.9 Å². The lowest BCUT2D eigenvalue weighted by Crippen LogP contribution is -2.30. The fourth-order valence-corrected chi connectivity index (χ4v) is 2.67. The third-order valence-electron chi connectivity index (χ3n) is 4.19. The number of benzene rings is 2. The molecule has 3 aromatic rings. The highest BCUT2D eigenvalue weighted by atomic mass is 16.6. The fourth-order valence-electron chi connectivity index (χ4n) is 2.67. The Hall–Kier alpha value is -4.61. The lowest BCUT2D eigenvalue weighted by molar-refractivity contribution is -0.384. The Bertz CT molecular complexity index is 1090. The van der Waals surface area contributed by atoms with Gasteiger partial charge in [-0.05, 0) is 24.1 Å². The Morgan fingerprint density at radius 1 is 0.903 bits per heavy atom. The van der Waals surface area contributed by atoms with Crippen molar-refractivity contribution in [2.75, 3.05) is 17.3 Å². The molecule has 0 aliphatic carbocycles. The standard InChI is InChI=1S/C19H17N7O5/c27-19(14-6-8-15(9-7-14)25(28)29)24-23-18-16(26(30)31)17(21-12-22-18)20-11-10-13-4-2-1-3-5-13/h1-9,12H,10-11H2,(H,24,27)(H2,20,21,22,23). The van der Waals surface area contributed by atoms with Crippen LogP contribution in [0.3, 0.4) is 0 Å². The average Bonchev–Trinajstić information content (AvgIpc) is 2.78. The van der Waals surface area contributed by atoms with E-state index in [-0.39, 0.29) is 22.9 Å². The van der Waals surface area contributed by atoms with Crippen LogP contribution in [0.2, 0.25) is 0 Å². The van der Waals surface area contributed by atoms with Gasteiger partial charge < -0.3 is 5.32 Å². The summed E-state index contributed by atoms with van der Waals surface area (Å²) in [5.74, 6) is -0.859. The van der Waals surface area contributed by atoms with Gasteiger partial charge in [-0.15, -0.1) is 0 Å². The Morgan fingerprint density at radius 3 is 2.23 bits per heavy atom. The molecule has 0 spiro atoms. The van der Waals surface area contributed by atoms with E-state index in [0.29, 0.717) is 13.0 Å². The van der Waals surface area contributed by atoms with Crippen LogP contribution in [0.5, 0.6) is 0 Å². The van der Waals surface area contributed by atoms with Gasteiger partial charge in [-0.25, -0.2) is 9.97 Å². The molecule has 12 heteroatoms. The summed E-state index contributed by atoms with van der Waals surface area (Å²) in [6.45, 7) is 0.399. The van der Waals surface area contributed by atoms with Crippen LogP contribution in [-0.2, 0) is 6.42 Å². The van der Waals surface area contributed by atoms with Crippen LogP contribution in [0, 0.1) is 20.2 Å². The van der Waals surface area contributed by atoms with Crippen LogP contribution in [0.4, 0.5) is 23.0 Å². The summed E-state index contributed by atoms with van der Waals surface area (Å²) in [7, 11) is 0. The number of aromatic nitrogens is 2. The first kappa shape index (κ1) is 21.1. The molecular weight excluding hydrogens is 406 g/mol. The van der Waals surface area contributed by atoms with Crippen LogP contribution >= 0.6 is 0 Å². The zero-order valence-corrected chi connectivity index (χ0v) is 16.0. The van der Waals surface area contributed by atoms with Gasteiger partial charge in [-0.1, -0.05) is 30.3 Å². The Balaban J connectivity index is 1.67. The molecule has 1 amide bonds. The van der Waals surface area contributed by atoms with Crippen LogP contribution in [0.15, 0.2) is 60.9 Å². The minimum absolute atomic E-state index is 0.00279. The number of anilines is 2. The molecule has 0 saturated heterocycles. The lowest BCUT2D eigenvalue weighted by atomic mass is 10.1. The van der Waals surface area contributed by atoms with E-state index in [1.807, 2.05) is 30.3 Å². The third-order valence-corrected chi connectivity index (χ3v) is 4.19. The van der Waals surface area contributed by atoms with E-state index in [4.69, 9.17) is 0 Å². The van der Waals surface area contributed by atoms with Crippen molar-refractivity contribution in [3.05, 3.63) is 92.3 Å². The number of carbonyl (C=O) groups excluding carboxylic acids is 1. The molecule has 158 valence electrons. The molecule has 0 radical (unpaired) electrons. The van der Waals surface area contributed by atoms with Crippen molar-refractivity contribution in [3.8, 4) is 0 Å². The third kappa shape index (κ3) is 5.47. The number of carbonyl (C=O) groups is 1. The van der Waals surface area contributed by atoms with Crippen molar-refractivity contribution in [1.29, 1.82) is 0 Å². The predicted molar refractivity (Wildman–Crippen MR) is 112 cm³/mol. The molecule has 0 atom stereocenters. The Kier molecular flexibility index (Phi) is 6.63. The second-order valence-corrected chi connectivity index (χ2v) is 6.22. The monoisotopic (exact) mass is 423 g/mol. The summed E-state index contributed by atoms with van der Waals surface area (Å²) >= 11 is 0. The van der Waals surface area contributed by atoms with Gasteiger partial charge >= 0.3 is 5.69 Å². The average molecular weight is 423 g/mol. The van der Waals surface area contributed by atoms with Gasteiger partial charge in [0.1, 0.15) is 6.33 Å². The van der Waals surface area contributed by atoms with E-state index in [1.165, 1.54) is 24.3 Å². The van der Waals surface area contributed by atoms with Crippen LogP contribution in [-0.4, -0.2) is 32.3 Å². The SMILES string of the molecule is O=C(NNc1ncnc(NCCc2ccccc2)c1[N+](=O)[O-])c1ccc([N+](=O)[O-])cc1. The van der Waals surface area contributed by atoms with Crippen LogP contribution < -0.4 is 16.2 Å². The van der Waals surface area contributed by atoms with Gasteiger partial charge in [0, 0.05) is 24.2 Å². The maximum Gasteiger partial charge on any atom is 0.354 e. The molecule has 3 N–H and O–H groups in total.